The van der Waals surface area contributed by atoms with Crippen LogP contribution in [0.4, 0.5) is 0 Å². The molecule has 1 aromatic heterocycles. The van der Waals surface area contributed by atoms with E-state index in [0.717, 1.165) is 31.4 Å². The molecule has 1 unspecified atom stereocenters. The Morgan fingerprint density at radius 3 is 2.69 bits per heavy atom. The molecule has 6 nitrogen and oxygen atoms in total. The molecule has 1 amide bonds. The van der Waals surface area contributed by atoms with E-state index < -0.39 is 0 Å². The fourth-order valence-corrected chi connectivity index (χ4v) is 3.97. The lowest BCUT2D eigenvalue weighted by Gasteiger charge is -2.35. The molecule has 4 rings (SSSR count). The Kier molecular flexibility index (Phi) is 5.60. The quantitative estimate of drug-likeness (QED) is 0.624. The molecule has 0 aliphatic carbocycles. The first kappa shape index (κ1) is 19.2. The number of methoxy groups -OCH3 is 1. The van der Waals surface area contributed by atoms with Crippen LogP contribution in [-0.2, 0) is 0 Å². The van der Waals surface area contributed by atoms with Crippen molar-refractivity contribution in [1.29, 1.82) is 0 Å². The van der Waals surface area contributed by atoms with Crippen LogP contribution in [0.2, 0.25) is 0 Å². The van der Waals surface area contributed by atoms with Gasteiger partial charge in [-0.25, -0.2) is 0 Å². The minimum atomic E-state index is 0.0317. The van der Waals surface area contributed by atoms with Crippen LogP contribution in [0.15, 0.2) is 53.1 Å². The van der Waals surface area contributed by atoms with Crippen LogP contribution in [0.25, 0.3) is 22.8 Å². The average Bonchev–Trinajstić information content (AvgIpc) is 3.28. The molecule has 1 aliphatic rings. The number of likely N-dealkylation sites (tertiary alicyclic amines) is 1. The summed E-state index contributed by atoms with van der Waals surface area (Å²) in [5, 5.41) is 4.12. The van der Waals surface area contributed by atoms with E-state index in [1.165, 1.54) is 6.42 Å². The van der Waals surface area contributed by atoms with E-state index >= 15 is 0 Å². The molecular formula is C23H25N3O3. The number of benzene rings is 2. The summed E-state index contributed by atoms with van der Waals surface area (Å²) >= 11 is 0. The van der Waals surface area contributed by atoms with Crippen LogP contribution in [0.5, 0.6) is 5.75 Å². The van der Waals surface area contributed by atoms with Crippen molar-refractivity contribution in [2.24, 2.45) is 0 Å². The van der Waals surface area contributed by atoms with Gasteiger partial charge in [0.15, 0.2) is 0 Å². The van der Waals surface area contributed by atoms with Gasteiger partial charge >= 0.3 is 0 Å². The smallest absolute Gasteiger partial charge is 0.259 e. The van der Waals surface area contributed by atoms with Gasteiger partial charge in [0.1, 0.15) is 5.75 Å². The molecule has 3 aromatic rings. The number of aromatic nitrogens is 2. The second kappa shape index (κ2) is 8.47. The Morgan fingerprint density at radius 1 is 1.14 bits per heavy atom. The van der Waals surface area contributed by atoms with E-state index in [-0.39, 0.29) is 11.9 Å². The number of nitrogens with zero attached hydrogens (tertiary/aromatic N) is 3. The fraction of sp³-hybridized carbons (Fsp3) is 0.348. The number of hydrogen-bond donors (Lipinski definition) is 0. The largest absolute Gasteiger partial charge is 0.496 e. The number of piperidine rings is 1. The maximum absolute atomic E-state index is 13.4. The van der Waals surface area contributed by atoms with Crippen molar-refractivity contribution < 1.29 is 14.1 Å². The predicted molar refractivity (Wildman–Crippen MR) is 111 cm³/mol. The zero-order valence-electron chi connectivity index (χ0n) is 16.8. The summed E-state index contributed by atoms with van der Waals surface area (Å²) in [6, 6.07) is 15.3. The predicted octanol–water partition coefficient (Wildman–Crippen LogP) is 4.82. The van der Waals surface area contributed by atoms with Crippen LogP contribution in [0, 0.1) is 0 Å². The minimum absolute atomic E-state index is 0.0317. The summed E-state index contributed by atoms with van der Waals surface area (Å²) in [7, 11) is 1.61. The lowest BCUT2D eigenvalue weighted by atomic mass is 9.97. The number of carbonyl (C=O) groups excluding carboxylic acids is 1. The molecule has 1 fully saturated rings. The normalized spacial score (nSPS) is 16.6. The molecule has 1 atom stereocenters. The third kappa shape index (κ3) is 3.75. The molecule has 2 heterocycles. The number of rotatable bonds is 5. The number of para-hydroxylation sites is 1. The van der Waals surface area contributed by atoms with Crippen molar-refractivity contribution in [3.63, 3.8) is 0 Å². The summed E-state index contributed by atoms with van der Waals surface area (Å²) in [5.74, 6) is 1.47. The highest BCUT2D eigenvalue weighted by atomic mass is 16.5. The first-order valence-electron chi connectivity index (χ1n) is 10.1. The molecule has 6 heteroatoms. The van der Waals surface area contributed by atoms with E-state index in [1.54, 1.807) is 7.11 Å². The summed E-state index contributed by atoms with van der Waals surface area (Å²) < 4.78 is 10.9. The highest BCUT2D eigenvalue weighted by Crippen LogP contribution is 2.31. The summed E-state index contributed by atoms with van der Waals surface area (Å²) in [4.78, 5) is 19.9. The number of amides is 1. The zero-order valence-corrected chi connectivity index (χ0v) is 16.8. The van der Waals surface area contributed by atoms with Crippen molar-refractivity contribution in [2.75, 3.05) is 13.7 Å². The molecule has 150 valence electrons. The summed E-state index contributed by atoms with van der Waals surface area (Å²) in [6.07, 6.45) is 4.24. The molecule has 1 saturated heterocycles. The SMILES string of the molecule is CCC1CCCCN1C(=O)c1ccccc1-c1nc(-c2ccccc2OC)no1. The summed E-state index contributed by atoms with van der Waals surface area (Å²) in [5.41, 5.74) is 2.01. The number of carbonyl (C=O) groups is 1. The Morgan fingerprint density at radius 2 is 1.90 bits per heavy atom. The van der Waals surface area contributed by atoms with Gasteiger partial charge < -0.3 is 14.2 Å². The third-order valence-electron chi connectivity index (χ3n) is 5.52. The van der Waals surface area contributed by atoms with E-state index in [2.05, 4.69) is 17.1 Å². The van der Waals surface area contributed by atoms with Crippen molar-refractivity contribution in [3.05, 3.63) is 54.1 Å². The topological polar surface area (TPSA) is 68.5 Å². The minimum Gasteiger partial charge on any atom is -0.496 e. The second-order valence-corrected chi connectivity index (χ2v) is 7.23. The monoisotopic (exact) mass is 391 g/mol. The molecule has 2 aromatic carbocycles. The summed E-state index contributed by atoms with van der Waals surface area (Å²) in [6.45, 7) is 2.93. The van der Waals surface area contributed by atoms with Crippen LogP contribution in [-0.4, -0.2) is 40.6 Å². The van der Waals surface area contributed by atoms with Crippen molar-refractivity contribution in [3.8, 4) is 28.6 Å². The zero-order chi connectivity index (χ0) is 20.2. The fourth-order valence-electron chi connectivity index (χ4n) is 3.97. The van der Waals surface area contributed by atoms with Crippen molar-refractivity contribution >= 4 is 5.91 Å². The van der Waals surface area contributed by atoms with Gasteiger partial charge in [-0.15, -0.1) is 0 Å². The molecule has 29 heavy (non-hydrogen) atoms. The number of hydrogen-bond acceptors (Lipinski definition) is 5. The van der Waals surface area contributed by atoms with Gasteiger partial charge in [-0.1, -0.05) is 36.3 Å². The van der Waals surface area contributed by atoms with E-state index in [9.17, 15) is 4.79 Å². The average molecular weight is 391 g/mol. The van der Waals surface area contributed by atoms with Crippen molar-refractivity contribution in [2.45, 2.75) is 38.6 Å². The maximum atomic E-state index is 13.4. The highest BCUT2D eigenvalue weighted by molar-refractivity contribution is 6.00. The van der Waals surface area contributed by atoms with Crippen LogP contribution in [0.1, 0.15) is 43.0 Å². The Bertz CT molecular complexity index is 998. The third-order valence-corrected chi connectivity index (χ3v) is 5.52. The molecule has 0 spiro atoms. The molecule has 0 bridgehead atoms. The van der Waals surface area contributed by atoms with Gasteiger partial charge in [0, 0.05) is 12.6 Å². The maximum Gasteiger partial charge on any atom is 0.259 e. The Hall–Kier alpha value is -3.15. The van der Waals surface area contributed by atoms with E-state index in [4.69, 9.17) is 9.26 Å². The Balaban J connectivity index is 1.69. The van der Waals surface area contributed by atoms with Gasteiger partial charge in [-0.2, -0.15) is 4.98 Å². The lowest BCUT2D eigenvalue weighted by Crippen LogP contribution is -2.43. The first-order valence-corrected chi connectivity index (χ1v) is 10.1. The van der Waals surface area contributed by atoms with Crippen LogP contribution < -0.4 is 4.74 Å². The molecule has 0 radical (unpaired) electrons. The van der Waals surface area contributed by atoms with Crippen LogP contribution >= 0.6 is 0 Å². The lowest BCUT2D eigenvalue weighted by molar-refractivity contribution is 0.0608. The van der Waals surface area contributed by atoms with Crippen LogP contribution in [0.3, 0.4) is 0 Å². The van der Waals surface area contributed by atoms with Gasteiger partial charge in [-0.3, -0.25) is 4.79 Å². The van der Waals surface area contributed by atoms with E-state index in [1.807, 2.05) is 53.4 Å². The first-order chi connectivity index (χ1) is 14.2. The molecule has 0 N–H and O–H groups in total. The van der Waals surface area contributed by atoms with Gasteiger partial charge in [0.2, 0.25) is 5.82 Å². The van der Waals surface area contributed by atoms with Gasteiger partial charge in [0.05, 0.1) is 23.8 Å². The van der Waals surface area contributed by atoms with E-state index in [0.29, 0.717) is 28.6 Å². The molecule has 0 saturated carbocycles. The molecule has 1 aliphatic heterocycles. The Labute approximate surface area is 170 Å². The van der Waals surface area contributed by atoms with Gasteiger partial charge in [0.25, 0.3) is 11.8 Å². The molecular weight excluding hydrogens is 366 g/mol. The standard InChI is InChI=1S/C23H25N3O3/c1-3-16-10-8-9-15-26(16)23(27)18-12-5-4-11-17(18)22-24-21(25-29-22)19-13-6-7-14-20(19)28-2/h4-7,11-14,16H,3,8-10,15H2,1-2H3. The van der Waals surface area contributed by atoms with Crippen molar-refractivity contribution in [1.82, 2.24) is 15.0 Å². The highest BCUT2D eigenvalue weighted by Gasteiger charge is 2.28. The number of ether oxygens (including phenoxy) is 1. The van der Waals surface area contributed by atoms with Gasteiger partial charge in [-0.05, 0) is 49.9 Å². The second-order valence-electron chi connectivity index (χ2n) is 7.23.